The number of carboxylic acids is 2. The lowest BCUT2D eigenvalue weighted by Gasteiger charge is -2.15. The highest BCUT2D eigenvalue weighted by atomic mass is 16.4. The maximum atomic E-state index is 12.0. The van der Waals surface area contributed by atoms with E-state index in [0.717, 1.165) is 0 Å². The fourth-order valence-electron chi connectivity index (χ4n) is 1.57. The second-order valence-corrected chi connectivity index (χ2v) is 4.59. The first-order chi connectivity index (χ1) is 9.81. The highest BCUT2D eigenvalue weighted by Gasteiger charge is 2.21. The number of aliphatic carboxylic acids is 2. The average molecular weight is 295 g/mol. The van der Waals surface area contributed by atoms with Gasteiger partial charge in [-0.05, 0) is 18.6 Å². The molecule has 1 aromatic rings. The maximum Gasteiger partial charge on any atom is 0.326 e. The lowest BCUT2D eigenvalue weighted by atomic mass is 10.1. The third-order valence-electron chi connectivity index (χ3n) is 2.72. The molecule has 0 spiro atoms. The number of hydrogen-bond acceptors (Lipinski definition) is 5. The molecule has 0 saturated heterocycles. The van der Waals surface area contributed by atoms with Crippen molar-refractivity contribution >= 4 is 23.7 Å². The van der Waals surface area contributed by atoms with Gasteiger partial charge in [-0.1, -0.05) is 0 Å². The molecule has 8 nitrogen and oxygen atoms in total. The Morgan fingerprint density at radius 1 is 1.33 bits per heavy atom. The van der Waals surface area contributed by atoms with Crippen LogP contribution in [0.1, 0.15) is 23.2 Å². The van der Waals surface area contributed by atoms with E-state index in [1.807, 2.05) is 0 Å². The van der Waals surface area contributed by atoms with Gasteiger partial charge in [-0.15, -0.1) is 0 Å². The number of carboxylic acid groups (broad SMARTS) is 2. The maximum absolute atomic E-state index is 12.0. The van der Waals surface area contributed by atoms with Crippen LogP contribution in [0.5, 0.6) is 0 Å². The second-order valence-electron chi connectivity index (χ2n) is 4.59. The van der Waals surface area contributed by atoms with Crippen molar-refractivity contribution in [3.8, 4) is 0 Å². The zero-order valence-electron chi connectivity index (χ0n) is 11.7. The zero-order chi connectivity index (χ0) is 16.0. The minimum Gasteiger partial charge on any atom is -0.481 e. The van der Waals surface area contributed by atoms with Crippen LogP contribution >= 0.6 is 0 Å². The summed E-state index contributed by atoms with van der Waals surface area (Å²) >= 11 is 0. The molecular weight excluding hydrogens is 278 g/mol. The van der Waals surface area contributed by atoms with E-state index in [-0.39, 0.29) is 18.4 Å². The topological polar surface area (TPSA) is 120 Å². The van der Waals surface area contributed by atoms with Gasteiger partial charge in [-0.3, -0.25) is 9.59 Å². The van der Waals surface area contributed by atoms with Crippen LogP contribution in [-0.4, -0.2) is 53.2 Å². The fraction of sp³-hybridized carbons (Fsp3) is 0.385. The fourth-order valence-corrected chi connectivity index (χ4v) is 1.57. The molecule has 3 N–H and O–H groups in total. The molecule has 0 radical (unpaired) electrons. The summed E-state index contributed by atoms with van der Waals surface area (Å²) in [6, 6.07) is 1.73. The second kappa shape index (κ2) is 7.22. The smallest absolute Gasteiger partial charge is 0.326 e. The molecule has 0 aliphatic carbocycles. The Balaban J connectivity index is 2.79. The van der Waals surface area contributed by atoms with E-state index in [1.54, 1.807) is 19.0 Å². The number of nitrogens with zero attached hydrogens (tertiary/aromatic N) is 2. The molecule has 1 heterocycles. The minimum atomic E-state index is -1.27. The van der Waals surface area contributed by atoms with Gasteiger partial charge in [0.1, 0.15) is 11.9 Å². The summed E-state index contributed by atoms with van der Waals surface area (Å²) in [4.78, 5) is 39.3. The lowest BCUT2D eigenvalue weighted by molar-refractivity contribution is -0.140. The van der Waals surface area contributed by atoms with Crippen LogP contribution in [0.3, 0.4) is 0 Å². The van der Waals surface area contributed by atoms with Gasteiger partial charge in [0, 0.05) is 32.3 Å². The highest BCUT2D eigenvalue weighted by molar-refractivity contribution is 5.97. The number of rotatable bonds is 7. The molecule has 0 unspecified atom stereocenters. The molecule has 114 valence electrons. The molecule has 0 aromatic carbocycles. The number of nitrogens with one attached hydrogen (secondary N) is 1. The summed E-state index contributed by atoms with van der Waals surface area (Å²) in [6.45, 7) is 0. The van der Waals surface area contributed by atoms with Crippen molar-refractivity contribution in [1.29, 1.82) is 0 Å². The number of carbonyl (C=O) groups excluding carboxylic acids is 1. The van der Waals surface area contributed by atoms with E-state index in [1.165, 1.54) is 18.3 Å². The molecule has 0 fully saturated rings. The number of pyridine rings is 1. The molecular formula is C13H17N3O5. The van der Waals surface area contributed by atoms with Crippen LogP contribution < -0.4 is 10.2 Å². The Morgan fingerprint density at radius 2 is 2.00 bits per heavy atom. The van der Waals surface area contributed by atoms with Crippen LogP contribution in [0.25, 0.3) is 0 Å². The first-order valence-electron chi connectivity index (χ1n) is 6.20. The van der Waals surface area contributed by atoms with Crippen LogP contribution in [0.4, 0.5) is 5.82 Å². The van der Waals surface area contributed by atoms with E-state index in [9.17, 15) is 14.4 Å². The average Bonchev–Trinajstić information content (AvgIpc) is 2.42. The molecule has 0 aliphatic heterocycles. The van der Waals surface area contributed by atoms with Crippen molar-refractivity contribution < 1.29 is 24.6 Å². The van der Waals surface area contributed by atoms with Crippen molar-refractivity contribution in [3.05, 3.63) is 23.9 Å². The van der Waals surface area contributed by atoms with E-state index >= 15 is 0 Å². The monoisotopic (exact) mass is 295 g/mol. The predicted molar refractivity (Wildman–Crippen MR) is 74.3 cm³/mol. The van der Waals surface area contributed by atoms with Gasteiger partial charge in [0.25, 0.3) is 5.91 Å². The normalized spacial score (nSPS) is 11.5. The van der Waals surface area contributed by atoms with Gasteiger partial charge in [0.2, 0.25) is 0 Å². The van der Waals surface area contributed by atoms with Gasteiger partial charge in [0.05, 0.1) is 0 Å². The van der Waals surface area contributed by atoms with E-state index in [4.69, 9.17) is 10.2 Å². The Kier molecular flexibility index (Phi) is 5.65. The van der Waals surface area contributed by atoms with Gasteiger partial charge in [-0.2, -0.15) is 0 Å². The molecule has 0 aliphatic rings. The number of aromatic nitrogens is 1. The van der Waals surface area contributed by atoms with Crippen molar-refractivity contribution in [2.24, 2.45) is 0 Å². The summed E-state index contributed by atoms with van der Waals surface area (Å²) in [5, 5.41) is 19.9. The van der Waals surface area contributed by atoms with Crippen LogP contribution in [0.2, 0.25) is 0 Å². The van der Waals surface area contributed by atoms with E-state index < -0.39 is 23.9 Å². The summed E-state index contributed by atoms with van der Waals surface area (Å²) in [7, 11) is 3.52. The Labute approximate surface area is 121 Å². The predicted octanol–water partition coefficient (Wildman–Crippen LogP) is 0.195. The van der Waals surface area contributed by atoms with E-state index in [2.05, 4.69) is 10.3 Å². The molecule has 1 atom stereocenters. The van der Waals surface area contributed by atoms with Crippen LogP contribution in [0.15, 0.2) is 18.3 Å². The quantitative estimate of drug-likeness (QED) is 0.657. The lowest BCUT2D eigenvalue weighted by Crippen LogP contribution is -2.41. The van der Waals surface area contributed by atoms with E-state index in [0.29, 0.717) is 5.82 Å². The molecule has 0 bridgehead atoms. The summed E-state index contributed by atoms with van der Waals surface area (Å²) in [5.41, 5.74) is 0.260. The number of anilines is 1. The molecule has 1 rings (SSSR count). The van der Waals surface area contributed by atoms with Crippen molar-refractivity contribution in [3.63, 3.8) is 0 Å². The number of hydrogen-bond donors (Lipinski definition) is 3. The van der Waals surface area contributed by atoms with Gasteiger partial charge in [-0.25, -0.2) is 9.78 Å². The Bertz CT molecular complexity index is 544. The molecule has 1 aromatic heterocycles. The Morgan fingerprint density at radius 3 is 2.52 bits per heavy atom. The summed E-state index contributed by atoms with van der Waals surface area (Å²) in [5.74, 6) is -2.42. The third-order valence-corrected chi connectivity index (χ3v) is 2.72. The van der Waals surface area contributed by atoms with Gasteiger partial charge in [0.15, 0.2) is 0 Å². The van der Waals surface area contributed by atoms with Crippen molar-refractivity contribution in [1.82, 2.24) is 10.3 Å². The van der Waals surface area contributed by atoms with Crippen LogP contribution in [0, 0.1) is 0 Å². The van der Waals surface area contributed by atoms with Gasteiger partial charge >= 0.3 is 11.9 Å². The van der Waals surface area contributed by atoms with Crippen LogP contribution in [-0.2, 0) is 9.59 Å². The molecule has 8 heteroatoms. The SMILES string of the molecule is CN(C)c1cc(C(=O)N[C@@H](CCC(=O)O)C(=O)O)ccn1. The number of carbonyl (C=O) groups is 3. The molecule has 21 heavy (non-hydrogen) atoms. The molecule has 0 saturated carbocycles. The highest BCUT2D eigenvalue weighted by Crippen LogP contribution is 2.10. The number of amides is 1. The van der Waals surface area contributed by atoms with Gasteiger partial charge < -0.3 is 20.4 Å². The largest absolute Gasteiger partial charge is 0.481 e. The Hall–Kier alpha value is -2.64. The third kappa shape index (κ3) is 5.09. The first kappa shape index (κ1) is 16.4. The molecule has 1 amide bonds. The van der Waals surface area contributed by atoms with Crippen molar-refractivity contribution in [2.75, 3.05) is 19.0 Å². The zero-order valence-corrected chi connectivity index (χ0v) is 11.7. The standard InChI is InChI=1S/C13H17N3O5/c1-16(2)10-7-8(5-6-14-10)12(19)15-9(13(20)21)3-4-11(17)18/h5-7,9H,3-4H2,1-2H3,(H,15,19)(H,17,18)(H,20,21)/t9-/m0/s1. The minimum absolute atomic E-state index is 0.179. The first-order valence-corrected chi connectivity index (χ1v) is 6.20. The summed E-state index contributed by atoms with van der Waals surface area (Å²) < 4.78 is 0. The van der Waals surface area contributed by atoms with Crippen molar-refractivity contribution in [2.45, 2.75) is 18.9 Å². The summed E-state index contributed by atoms with van der Waals surface area (Å²) in [6.07, 6.45) is 0.926.